The normalized spacial score (nSPS) is 13.2. The lowest BCUT2D eigenvalue weighted by atomic mass is 9.92. The lowest BCUT2D eigenvalue weighted by Crippen LogP contribution is -2.33. The van der Waals surface area contributed by atoms with Crippen LogP contribution in [0.25, 0.3) is 0 Å². The number of nitrogens with one attached hydrogen (secondary N) is 1. The minimum atomic E-state index is -0.577. The van der Waals surface area contributed by atoms with Gasteiger partial charge in [0.1, 0.15) is 24.0 Å². The van der Waals surface area contributed by atoms with Crippen molar-refractivity contribution in [1.29, 1.82) is 0 Å². The number of benzene rings is 2. The predicted molar refractivity (Wildman–Crippen MR) is 125 cm³/mol. The van der Waals surface area contributed by atoms with E-state index in [0.717, 1.165) is 22.3 Å². The minimum absolute atomic E-state index is 0.000955. The third-order valence-electron chi connectivity index (χ3n) is 6.12. The van der Waals surface area contributed by atoms with Gasteiger partial charge in [-0.05, 0) is 79.3 Å². The second kappa shape index (κ2) is 9.02. The number of anilines is 1. The van der Waals surface area contributed by atoms with Crippen LogP contribution in [0, 0.1) is 26.6 Å². The highest BCUT2D eigenvalue weighted by atomic mass is 19.1. The maximum absolute atomic E-state index is 14.5. The molecule has 7 heteroatoms. The van der Waals surface area contributed by atoms with Gasteiger partial charge in [0.25, 0.3) is 11.8 Å². The SMILES string of the molecule is CNC(=O)c1ccc(Cc2cc3c(c(C)c2C)OCCN(c2ncccc2C)C3=O)cc1F. The number of aryl methyl sites for hydroxylation is 1. The van der Waals surface area contributed by atoms with Gasteiger partial charge in [-0.3, -0.25) is 14.5 Å². The van der Waals surface area contributed by atoms with Crippen LogP contribution in [0.2, 0.25) is 0 Å². The van der Waals surface area contributed by atoms with Crippen molar-refractivity contribution in [2.75, 3.05) is 25.1 Å². The number of carbonyl (C=O) groups excluding carboxylic acids is 2. The molecule has 1 aromatic heterocycles. The zero-order valence-electron chi connectivity index (χ0n) is 19.2. The number of rotatable bonds is 4. The second-order valence-electron chi connectivity index (χ2n) is 8.18. The zero-order valence-corrected chi connectivity index (χ0v) is 19.2. The fraction of sp³-hybridized carbons (Fsp3) is 0.269. The number of fused-ring (bicyclic) bond motifs is 1. The molecule has 0 unspecified atom stereocenters. The van der Waals surface area contributed by atoms with Crippen LogP contribution < -0.4 is 15.0 Å². The van der Waals surface area contributed by atoms with E-state index in [2.05, 4.69) is 10.3 Å². The second-order valence-corrected chi connectivity index (χ2v) is 8.18. The first-order valence-electron chi connectivity index (χ1n) is 10.8. The van der Waals surface area contributed by atoms with Gasteiger partial charge in [-0.25, -0.2) is 9.37 Å². The van der Waals surface area contributed by atoms with Crippen molar-refractivity contribution in [3.8, 4) is 5.75 Å². The summed E-state index contributed by atoms with van der Waals surface area (Å²) in [6, 6.07) is 10.2. The molecule has 0 aliphatic carbocycles. The molecule has 2 heterocycles. The van der Waals surface area contributed by atoms with E-state index in [0.29, 0.717) is 42.3 Å². The Bertz CT molecular complexity index is 1260. The van der Waals surface area contributed by atoms with Crippen LogP contribution in [0.1, 0.15) is 48.5 Å². The molecule has 6 nitrogen and oxygen atoms in total. The number of ether oxygens (including phenoxy) is 1. The standard InChI is InChI=1S/C26H26FN3O3/c1-15-6-5-9-29-24(15)30-10-11-33-23-17(3)16(2)19(14-21(23)26(30)32)12-18-7-8-20(22(27)13-18)25(31)28-4/h5-9,13-14H,10-12H2,1-4H3,(H,28,31). The van der Waals surface area contributed by atoms with Crippen LogP contribution in [-0.4, -0.2) is 37.0 Å². The lowest BCUT2D eigenvalue weighted by Gasteiger charge is -2.21. The number of amides is 2. The number of hydrogen-bond acceptors (Lipinski definition) is 4. The Morgan fingerprint density at radius 1 is 1.18 bits per heavy atom. The van der Waals surface area contributed by atoms with E-state index < -0.39 is 11.7 Å². The van der Waals surface area contributed by atoms with Crippen molar-refractivity contribution in [3.63, 3.8) is 0 Å². The lowest BCUT2D eigenvalue weighted by molar-refractivity contribution is 0.0957. The monoisotopic (exact) mass is 447 g/mol. The van der Waals surface area contributed by atoms with Crippen LogP contribution in [0.3, 0.4) is 0 Å². The Morgan fingerprint density at radius 3 is 2.67 bits per heavy atom. The molecule has 1 aliphatic rings. The average molecular weight is 448 g/mol. The molecule has 33 heavy (non-hydrogen) atoms. The number of hydrogen-bond donors (Lipinski definition) is 1. The van der Waals surface area contributed by atoms with Crippen LogP contribution in [0.15, 0.2) is 42.6 Å². The Labute approximate surface area is 192 Å². The Morgan fingerprint density at radius 2 is 1.97 bits per heavy atom. The van der Waals surface area contributed by atoms with Crippen molar-refractivity contribution in [2.24, 2.45) is 0 Å². The maximum atomic E-state index is 14.5. The minimum Gasteiger partial charge on any atom is -0.491 e. The molecule has 0 radical (unpaired) electrons. The van der Waals surface area contributed by atoms with Gasteiger partial charge >= 0.3 is 0 Å². The van der Waals surface area contributed by atoms with E-state index in [1.165, 1.54) is 19.2 Å². The predicted octanol–water partition coefficient (Wildman–Crippen LogP) is 4.14. The largest absolute Gasteiger partial charge is 0.491 e. The van der Waals surface area contributed by atoms with Crippen molar-refractivity contribution in [2.45, 2.75) is 27.2 Å². The van der Waals surface area contributed by atoms with Crippen molar-refractivity contribution < 1.29 is 18.7 Å². The molecule has 0 spiro atoms. The zero-order chi connectivity index (χ0) is 23.7. The fourth-order valence-corrected chi connectivity index (χ4v) is 4.14. The summed E-state index contributed by atoms with van der Waals surface area (Å²) >= 11 is 0. The van der Waals surface area contributed by atoms with E-state index in [-0.39, 0.29) is 11.5 Å². The van der Waals surface area contributed by atoms with Crippen LogP contribution in [0.4, 0.5) is 10.2 Å². The molecule has 2 amide bonds. The van der Waals surface area contributed by atoms with Gasteiger partial charge in [-0.1, -0.05) is 12.1 Å². The highest BCUT2D eigenvalue weighted by Gasteiger charge is 2.29. The molecule has 1 aliphatic heterocycles. The third-order valence-corrected chi connectivity index (χ3v) is 6.12. The summed E-state index contributed by atoms with van der Waals surface area (Å²) in [5.41, 5.74) is 4.86. The van der Waals surface area contributed by atoms with E-state index in [1.54, 1.807) is 17.2 Å². The summed E-state index contributed by atoms with van der Waals surface area (Å²) in [4.78, 5) is 31.4. The summed E-state index contributed by atoms with van der Waals surface area (Å²) in [5.74, 6) is -0.0187. The summed E-state index contributed by atoms with van der Waals surface area (Å²) in [6.07, 6.45) is 2.09. The molecular weight excluding hydrogens is 421 g/mol. The van der Waals surface area contributed by atoms with Gasteiger partial charge < -0.3 is 10.1 Å². The Balaban J connectivity index is 1.73. The highest BCUT2D eigenvalue weighted by Crippen LogP contribution is 2.34. The van der Waals surface area contributed by atoms with Crippen molar-refractivity contribution >= 4 is 17.6 Å². The Kier molecular flexibility index (Phi) is 6.14. The van der Waals surface area contributed by atoms with Gasteiger partial charge in [-0.2, -0.15) is 0 Å². The van der Waals surface area contributed by atoms with E-state index in [4.69, 9.17) is 4.74 Å². The summed E-state index contributed by atoms with van der Waals surface area (Å²) in [5, 5.41) is 2.43. The van der Waals surface area contributed by atoms with Crippen LogP contribution in [0.5, 0.6) is 5.75 Å². The molecule has 0 saturated carbocycles. The molecule has 0 bridgehead atoms. The van der Waals surface area contributed by atoms with Crippen molar-refractivity contribution in [3.05, 3.63) is 87.4 Å². The molecule has 0 atom stereocenters. The molecule has 0 fully saturated rings. The highest BCUT2D eigenvalue weighted by molar-refractivity contribution is 6.08. The van der Waals surface area contributed by atoms with E-state index >= 15 is 0 Å². The molecular formula is C26H26FN3O3. The number of nitrogens with zero attached hydrogens (tertiary/aromatic N) is 2. The molecule has 0 saturated heterocycles. The van der Waals surface area contributed by atoms with Gasteiger partial charge in [-0.15, -0.1) is 0 Å². The van der Waals surface area contributed by atoms with Crippen LogP contribution in [-0.2, 0) is 6.42 Å². The maximum Gasteiger partial charge on any atom is 0.263 e. The fourth-order valence-electron chi connectivity index (χ4n) is 4.14. The van der Waals surface area contributed by atoms with Gasteiger partial charge in [0.05, 0.1) is 17.7 Å². The number of carbonyl (C=O) groups is 2. The van der Waals surface area contributed by atoms with Crippen LogP contribution >= 0.6 is 0 Å². The summed E-state index contributed by atoms with van der Waals surface area (Å²) in [6.45, 7) is 6.58. The van der Waals surface area contributed by atoms with Gasteiger partial charge in [0, 0.05) is 13.2 Å². The van der Waals surface area contributed by atoms with E-state index in [9.17, 15) is 14.0 Å². The quantitative estimate of drug-likeness (QED) is 0.653. The first kappa shape index (κ1) is 22.5. The number of aromatic nitrogens is 1. The molecule has 2 aromatic carbocycles. The van der Waals surface area contributed by atoms with E-state index in [1.807, 2.05) is 39.0 Å². The molecule has 170 valence electrons. The van der Waals surface area contributed by atoms with Crippen molar-refractivity contribution in [1.82, 2.24) is 10.3 Å². The smallest absolute Gasteiger partial charge is 0.263 e. The molecule has 4 rings (SSSR count). The van der Waals surface area contributed by atoms with Gasteiger partial charge in [0.15, 0.2) is 0 Å². The van der Waals surface area contributed by atoms with Gasteiger partial charge in [0.2, 0.25) is 0 Å². The number of pyridine rings is 1. The first-order chi connectivity index (χ1) is 15.8. The summed E-state index contributed by atoms with van der Waals surface area (Å²) < 4.78 is 20.5. The third kappa shape index (κ3) is 4.18. The molecule has 1 N–H and O–H groups in total. The molecule has 3 aromatic rings. The Hall–Kier alpha value is -3.74. The average Bonchev–Trinajstić information content (AvgIpc) is 2.96. The summed E-state index contributed by atoms with van der Waals surface area (Å²) in [7, 11) is 1.46. The topological polar surface area (TPSA) is 71.5 Å². The number of halogens is 1. The first-order valence-corrected chi connectivity index (χ1v) is 10.8.